The molecule has 2 aliphatic carbocycles. The van der Waals surface area contributed by atoms with Gasteiger partial charge in [-0.1, -0.05) is 31.6 Å². The number of guanidine groups is 1. The molecule has 0 aromatic heterocycles. The fourth-order valence-corrected chi connectivity index (χ4v) is 5.07. The fraction of sp³-hybridized carbons (Fsp3) is 0.583. The van der Waals surface area contributed by atoms with E-state index in [1.54, 1.807) is 17.6 Å². The Labute approximate surface area is 174 Å². The molecule has 0 saturated heterocycles. The molecule has 4 rings (SSSR count). The van der Waals surface area contributed by atoms with Crippen LogP contribution in [-0.4, -0.2) is 29.4 Å². The molecule has 1 fully saturated rings. The molecular formula is C24H33N3O2. The molecule has 3 aliphatic rings. The van der Waals surface area contributed by atoms with E-state index in [4.69, 9.17) is 15.5 Å². The Morgan fingerprint density at radius 2 is 2.00 bits per heavy atom. The Balaban J connectivity index is 1.74. The third-order valence-electron chi connectivity index (χ3n) is 7.41. The van der Waals surface area contributed by atoms with E-state index in [0.29, 0.717) is 12.4 Å². The lowest BCUT2D eigenvalue weighted by molar-refractivity contribution is -0.131. The van der Waals surface area contributed by atoms with Crippen LogP contribution in [0.4, 0.5) is 0 Å². The molecule has 5 nitrogen and oxygen atoms in total. The van der Waals surface area contributed by atoms with Gasteiger partial charge in [0.25, 0.3) is 0 Å². The van der Waals surface area contributed by atoms with Crippen LogP contribution in [0.3, 0.4) is 0 Å². The summed E-state index contributed by atoms with van der Waals surface area (Å²) in [5.74, 6) is 0.436. The number of fused-ring (bicyclic) bond motifs is 1. The van der Waals surface area contributed by atoms with Gasteiger partial charge in [-0.3, -0.25) is 9.69 Å². The zero-order valence-corrected chi connectivity index (χ0v) is 18.1. The molecule has 2 N–H and O–H groups in total. The van der Waals surface area contributed by atoms with Crippen molar-refractivity contribution < 1.29 is 9.53 Å². The number of benzene rings is 1. The zero-order valence-electron chi connectivity index (χ0n) is 18.1. The van der Waals surface area contributed by atoms with Crippen LogP contribution in [-0.2, 0) is 9.53 Å². The topological polar surface area (TPSA) is 67.9 Å². The number of hydrogen-bond acceptors (Lipinski definition) is 4. The van der Waals surface area contributed by atoms with Crippen molar-refractivity contribution in [2.45, 2.75) is 83.4 Å². The maximum atomic E-state index is 13.2. The van der Waals surface area contributed by atoms with E-state index < -0.39 is 0 Å². The van der Waals surface area contributed by atoms with E-state index in [9.17, 15) is 4.79 Å². The number of carbonyl (C=O) groups is 1. The van der Waals surface area contributed by atoms with E-state index in [0.717, 1.165) is 30.4 Å². The summed E-state index contributed by atoms with van der Waals surface area (Å²) in [6.07, 6.45) is 6.46. The van der Waals surface area contributed by atoms with Gasteiger partial charge >= 0.3 is 0 Å². The van der Waals surface area contributed by atoms with Gasteiger partial charge in [-0.05, 0) is 67.4 Å². The van der Waals surface area contributed by atoms with Crippen LogP contribution in [0.25, 0.3) is 5.57 Å². The van der Waals surface area contributed by atoms with Crippen molar-refractivity contribution in [3.8, 4) is 0 Å². The van der Waals surface area contributed by atoms with Gasteiger partial charge in [0.05, 0.1) is 24.1 Å². The van der Waals surface area contributed by atoms with Crippen molar-refractivity contribution in [2.75, 3.05) is 7.11 Å². The number of carbonyl (C=O) groups excluding carboxylic acids is 1. The fourth-order valence-electron chi connectivity index (χ4n) is 5.07. The highest BCUT2D eigenvalue weighted by Crippen LogP contribution is 2.47. The maximum Gasteiger partial charge on any atom is 0.232 e. The molecule has 0 spiro atoms. The van der Waals surface area contributed by atoms with Crippen LogP contribution in [0, 0.1) is 0 Å². The summed E-state index contributed by atoms with van der Waals surface area (Å²) in [6, 6.07) is 6.51. The van der Waals surface area contributed by atoms with E-state index in [1.807, 2.05) is 0 Å². The summed E-state index contributed by atoms with van der Waals surface area (Å²) >= 11 is 0. The Hall–Kier alpha value is -2.14. The Bertz CT molecular complexity index is 876. The van der Waals surface area contributed by atoms with Gasteiger partial charge in [-0.2, -0.15) is 0 Å². The SMILES string of the molecule is CCC1(CC)CC(=O)N(C2CC(OC)c3ccc(C(C)=C4CCC4)cc32)C(N)=N1. The average molecular weight is 396 g/mol. The predicted octanol–water partition coefficient (Wildman–Crippen LogP) is 4.88. The third kappa shape index (κ3) is 3.29. The van der Waals surface area contributed by atoms with E-state index in [2.05, 4.69) is 39.0 Å². The standard InChI is InChI=1S/C24H33N3O2/c1-5-24(6-2)14-22(28)27(23(25)26-24)20-13-21(29-4)18-11-10-17(12-19(18)20)15(3)16-8-7-9-16/h10-12,20-21H,5-9,13-14H2,1-4H3,(H2,25,26). The molecule has 0 radical (unpaired) electrons. The largest absolute Gasteiger partial charge is 0.377 e. The molecular weight excluding hydrogens is 362 g/mol. The quantitative estimate of drug-likeness (QED) is 0.772. The Morgan fingerprint density at radius 3 is 2.55 bits per heavy atom. The number of aliphatic imine (C=N–C) groups is 1. The molecule has 0 bridgehead atoms. The van der Waals surface area contributed by atoms with Crippen molar-refractivity contribution in [3.63, 3.8) is 0 Å². The highest BCUT2D eigenvalue weighted by Gasteiger charge is 2.44. The van der Waals surface area contributed by atoms with Gasteiger partial charge in [-0.25, -0.2) is 4.99 Å². The number of hydrogen-bond donors (Lipinski definition) is 1. The zero-order chi connectivity index (χ0) is 20.8. The smallest absolute Gasteiger partial charge is 0.232 e. The molecule has 5 heteroatoms. The first-order valence-corrected chi connectivity index (χ1v) is 11.0. The molecule has 2 atom stereocenters. The van der Waals surface area contributed by atoms with Crippen LogP contribution in [0.15, 0.2) is 28.8 Å². The Kier molecular flexibility index (Phi) is 5.28. The van der Waals surface area contributed by atoms with Gasteiger partial charge in [0.1, 0.15) is 0 Å². The number of nitrogens with two attached hydrogens (primary N) is 1. The lowest BCUT2D eigenvalue weighted by Gasteiger charge is -2.39. The molecule has 1 amide bonds. The summed E-state index contributed by atoms with van der Waals surface area (Å²) in [7, 11) is 1.74. The molecule has 2 unspecified atom stereocenters. The molecule has 156 valence electrons. The van der Waals surface area contributed by atoms with E-state index in [-0.39, 0.29) is 23.6 Å². The second kappa shape index (κ2) is 7.60. The van der Waals surface area contributed by atoms with Crippen LogP contribution in [0.5, 0.6) is 0 Å². The van der Waals surface area contributed by atoms with Crippen LogP contribution >= 0.6 is 0 Å². The summed E-state index contributed by atoms with van der Waals surface area (Å²) in [4.78, 5) is 19.8. The number of methoxy groups -OCH3 is 1. The second-order valence-corrected chi connectivity index (χ2v) is 8.74. The first kappa shape index (κ1) is 20.1. The van der Waals surface area contributed by atoms with Crippen LogP contribution in [0.1, 0.15) is 94.6 Å². The highest BCUT2D eigenvalue weighted by molar-refractivity contribution is 5.99. The van der Waals surface area contributed by atoms with Gasteiger partial charge < -0.3 is 10.5 Å². The number of ether oxygens (including phenoxy) is 1. The van der Waals surface area contributed by atoms with Gasteiger partial charge in [-0.15, -0.1) is 0 Å². The van der Waals surface area contributed by atoms with Crippen molar-refractivity contribution >= 4 is 17.4 Å². The monoisotopic (exact) mass is 395 g/mol. The second-order valence-electron chi connectivity index (χ2n) is 8.74. The van der Waals surface area contributed by atoms with E-state index >= 15 is 0 Å². The Morgan fingerprint density at radius 1 is 1.28 bits per heavy atom. The maximum absolute atomic E-state index is 13.2. The van der Waals surface area contributed by atoms with Crippen LogP contribution < -0.4 is 5.73 Å². The minimum Gasteiger partial charge on any atom is -0.377 e. The number of rotatable bonds is 5. The summed E-state index contributed by atoms with van der Waals surface area (Å²) < 4.78 is 5.76. The first-order chi connectivity index (χ1) is 13.9. The highest BCUT2D eigenvalue weighted by atomic mass is 16.5. The predicted molar refractivity (Wildman–Crippen MR) is 116 cm³/mol. The lowest BCUT2D eigenvalue weighted by Crippen LogP contribution is -2.52. The van der Waals surface area contributed by atoms with Crippen molar-refractivity contribution in [1.82, 2.24) is 4.90 Å². The van der Waals surface area contributed by atoms with Crippen molar-refractivity contribution in [1.29, 1.82) is 0 Å². The van der Waals surface area contributed by atoms with Crippen molar-refractivity contribution in [3.05, 3.63) is 40.5 Å². The van der Waals surface area contributed by atoms with Crippen LogP contribution in [0.2, 0.25) is 0 Å². The molecule has 29 heavy (non-hydrogen) atoms. The van der Waals surface area contributed by atoms with Gasteiger partial charge in [0.2, 0.25) is 5.91 Å². The number of allylic oxidation sites excluding steroid dienone is 2. The van der Waals surface area contributed by atoms with Gasteiger partial charge in [0.15, 0.2) is 5.96 Å². The van der Waals surface area contributed by atoms with E-state index in [1.165, 1.54) is 30.4 Å². The minimum atomic E-state index is -0.354. The number of nitrogens with zero attached hydrogens (tertiary/aromatic N) is 2. The molecule has 1 aliphatic heterocycles. The molecule has 1 aromatic carbocycles. The average Bonchev–Trinajstić information content (AvgIpc) is 3.03. The third-order valence-corrected chi connectivity index (χ3v) is 7.41. The lowest BCUT2D eigenvalue weighted by atomic mass is 9.85. The number of amides is 1. The molecule has 1 aromatic rings. The minimum absolute atomic E-state index is 0.0228. The summed E-state index contributed by atoms with van der Waals surface area (Å²) in [6.45, 7) is 6.38. The first-order valence-electron chi connectivity index (χ1n) is 11.0. The van der Waals surface area contributed by atoms with Gasteiger partial charge in [0, 0.05) is 13.5 Å². The molecule has 1 saturated carbocycles. The van der Waals surface area contributed by atoms with Crippen molar-refractivity contribution in [2.24, 2.45) is 10.7 Å². The summed E-state index contributed by atoms with van der Waals surface area (Å²) in [5, 5.41) is 0. The summed E-state index contributed by atoms with van der Waals surface area (Å²) in [5.41, 5.74) is 12.5. The normalized spacial score (nSPS) is 25.5. The molecule has 1 heterocycles.